The molecule has 1 saturated carbocycles. The summed E-state index contributed by atoms with van der Waals surface area (Å²) in [4.78, 5) is 13.2. The Kier molecular flexibility index (Phi) is 6.91. The van der Waals surface area contributed by atoms with Gasteiger partial charge in [-0.25, -0.2) is 8.51 Å². The van der Waals surface area contributed by atoms with E-state index in [0.717, 1.165) is 25.9 Å². The van der Waals surface area contributed by atoms with Crippen molar-refractivity contribution in [3.8, 4) is 0 Å². The molecule has 0 aromatic heterocycles. The molecular formula is C19H27ClN2O2S. The molecule has 1 aromatic carbocycles. The second-order valence-electron chi connectivity index (χ2n) is 7.18. The first kappa shape index (κ1) is 18.9. The van der Waals surface area contributed by atoms with Gasteiger partial charge in [-0.15, -0.1) is 0 Å². The van der Waals surface area contributed by atoms with Crippen molar-refractivity contribution in [1.82, 2.24) is 9.62 Å². The molecule has 1 aliphatic carbocycles. The highest BCUT2D eigenvalue weighted by Gasteiger charge is 2.29. The van der Waals surface area contributed by atoms with Gasteiger partial charge in [-0.05, 0) is 49.8 Å². The maximum absolute atomic E-state index is 12.8. The summed E-state index contributed by atoms with van der Waals surface area (Å²) >= 11 is 6.00. The van der Waals surface area contributed by atoms with Crippen LogP contribution < -0.4 is 5.32 Å². The lowest BCUT2D eigenvalue weighted by atomic mass is 9.89. The second kappa shape index (κ2) is 9.15. The van der Waals surface area contributed by atoms with E-state index in [1.165, 1.54) is 32.1 Å². The van der Waals surface area contributed by atoms with E-state index in [0.29, 0.717) is 22.4 Å². The molecule has 3 rings (SSSR count). The molecule has 1 aromatic rings. The molecule has 25 heavy (non-hydrogen) atoms. The fourth-order valence-corrected chi connectivity index (χ4v) is 5.40. The van der Waals surface area contributed by atoms with Gasteiger partial charge in [0.25, 0.3) is 0 Å². The van der Waals surface area contributed by atoms with Gasteiger partial charge in [0.05, 0.1) is 10.8 Å². The van der Waals surface area contributed by atoms with Gasteiger partial charge in [-0.1, -0.05) is 36.9 Å². The van der Waals surface area contributed by atoms with Gasteiger partial charge < -0.3 is 5.32 Å². The summed E-state index contributed by atoms with van der Waals surface area (Å²) in [6.45, 7) is 2.11. The Hall–Kier alpha value is -0.910. The van der Waals surface area contributed by atoms with E-state index in [2.05, 4.69) is 5.32 Å². The van der Waals surface area contributed by atoms with Crippen molar-refractivity contribution in [2.45, 2.75) is 49.8 Å². The number of nitrogens with one attached hydrogen (secondary N) is 1. The van der Waals surface area contributed by atoms with Crippen LogP contribution in [0.4, 0.5) is 0 Å². The molecule has 0 bridgehead atoms. The molecule has 1 heterocycles. The van der Waals surface area contributed by atoms with E-state index in [1.807, 2.05) is 16.4 Å². The highest BCUT2D eigenvalue weighted by molar-refractivity contribution is 7.82. The minimum Gasteiger partial charge on any atom is -0.356 e. The first-order valence-corrected chi connectivity index (χ1v) is 10.8. The summed E-state index contributed by atoms with van der Waals surface area (Å²) in [5.41, 5.74) is 0. The van der Waals surface area contributed by atoms with Crippen molar-refractivity contribution in [1.29, 1.82) is 0 Å². The number of nitrogens with zero attached hydrogens (tertiary/aromatic N) is 1. The Bertz CT molecular complexity index is 619. The molecule has 0 radical (unpaired) electrons. The summed E-state index contributed by atoms with van der Waals surface area (Å²) in [6.07, 6.45) is 8.14. The monoisotopic (exact) mass is 382 g/mol. The van der Waals surface area contributed by atoms with Crippen LogP contribution in [0.3, 0.4) is 0 Å². The average Bonchev–Trinajstić information content (AvgIpc) is 2.66. The number of benzene rings is 1. The van der Waals surface area contributed by atoms with Crippen LogP contribution in [0.15, 0.2) is 29.2 Å². The predicted octanol–water partition coefficient (Wildman–Crippen LogP) is 3.77. The minimum atomic E-state index is -1.26. The van der Waals surface area contributed by atoms with Gasteiger partial charge >= 0.3 is 0 Å². The molecule has 2 fully saturated rings. The Balaban J connectivity index is 1.53. The number of halogens is 1. The van der Waals surface area contributed by atoms with Crippen molar-refractivity contribution in [3.05, 3.63) is 29.3 Å². The van der Waals surface area contributed by atoms with Crippen molar-refractivity contribution in [3.63, 3.8) is 0 Å². The third-order valence-corrected chi connectivity index (χ3v) is 6.97. The Morgan fingerprint density at radius 1 is 1.20 bits per heavy atom. The van der Waals surface area contributed by atoms with Gasteiger partial charge in [-0.3, -0.25) is 4.79 Å². The van der Waals surface area contributed by atoms with E-state index in [4.69, 9.17) is 11.6 Å². The number of amides is 1. The van der Waals surface area contributed by atoms with E-state index >= 15 is 0 Å². The molecule has 1 aliphatic heterocycles. The molecular weight excluding hydrogens is 356 g/mol. The van der Waals surface area contributed by atoms with Gasteiger partial charge in [0, 0.05) is 24.7 Å². The van der Waals surface area contributed by atoms with Crippen LogP contribution in [0.25, 0.3) is 0 Å². The number of carbonyl (C=O) groups excluding carboxylic acids is 1. The molecule has 138 valence electrons. The molecule has 6 heteroatoms. The van der Waals surface area contributed by atoms with Crippen LogP contribution in [0.5, 0.6) is 0 Å². The highest BCUT2D eigenvalue weighted by Crippen LogP contribution is 2.25. The second-order valence-corrected chi connectivity index (χ2v) is 9.11. The first-order chi connectivity index (χ1) is 12.1. The van der Waals surface area contributed by atoms with Crippen LogP contribution in [0.1, 0.15) is 44.9 Å². The van der Waals surface area contributed by atoms with Crippen LogP contribution in [-0.4, -0.2) is 34.1 Å². The van der Waals surface area contributed by atoms with Crippen LogP contribution >= 0.6 is 11.6 Å². The zero-order valence-electron chi connectivity index (χ0n) is 14.6. The van der Waals surface area contributed by atoms with Crippen molar-refractivity contribution in [2.75, 3.05) is 19.6 Å². The lowest BCUT2D eigenvalue weighted by molar-refractivity contribution is -0.126. The first-order valence-electron chi connectivity index (χ1n) is 9.33. The smallest absolute Gasteiger partial charge is 0.224 e. The summed E-state index contributed by atoms with van der Waals surface area (Å²) in [7, 11) is -1.26. The number of carbonyl (C=O) groups is 1. The Labute approximate surface area is 157 Å². The number of hydrogen-bond donors (Lipinski definition) is 1. The molecule has 1 saturated heterocycles. The maximum atomic E-state index is 12.8. The minimum absolute atomic E-state index is 0.0690. The van der Waals surface area contributed by atoms with Gasteiger partial charge in [0.1, 0.15) is 11.0 Å². The molecule has 2 atom stereocenters. The molecule has 2 aliphatic rings. The molecule has 1 N–H and O–H groups in total. The van der Waals surface area contributed by atoms with E-state index in [-0.39, 0.29) is 11.8 Å². The summed E-state index contributed by atoms with van der Waals surface area (Å²) < 4.78 is 14.7. The molecule has 0 spiro atoms. The van der Waals surface area contributed by atoms with Crippen LogP contribution in [0, 0.1) is 11.8 Å². The maximum Gasteiger partial charge on any atom is 0.224 e. The average molecular weight is 383 g/mol. The summed E-state index contributed by atoms with van der Waals surface area (Å²) in [5.74, 6) is 0.692. The normalized spacial score (nSPS) is 24.0. The van der Waals surface area contributed by atoms with Gasteiger partial charge in [-0.2, -0.15) is 0 Å². The lowest BCUT2D eigenvalue weighted by Crippen LogP contribution is -2.44. The van der Waals surface area contributed by atoms with Crippen LogP contribution in [0.2, 0.25) is 5.02 Å². The molecule has 1 amide bonds. The largest absolute Gasteiger partial charge is 0.356 e. The van der Waals surface area contributed by atoms with Crippen molar-refractivity contribution < 1.29 is 9.00 Å². The van der Waals surface area contributed by atoms with Gasteiger partial charge in [0.15, 0.2) is 0 Å². The zero-order valence-corrected chi connectivity index (χ0v) is 16.2. The van der Waals surface area contributed by atoms with Gasteiger partial charge in [0.2, 0.25) is 5.91 Å². The number of hydrogen-bond acceptors (Lipinski definition) is 2. The topological polar surface area (TPSA) is 49.4 Å². The summed E-state index contributed by atoms with van der Waals surface area (Å²) in [6, 6.07) is 7.16. The molecule has 2 unspecified atom stereocenters. The fourth-order valence-electron chi connectivity index (χ4n) is 3.81. The lowest BCUT2D eigenvalue weighted by Gasteiger charge is -2.31. The Morgan fingerprint density at radius 3 is 2.76 bits per heavy atom. The third-order valence-electron chi connectivity index (χ3n) is 5.28. The van der Waals surface area contributed by atoms with E-state index in [1.54, 1.807) is 12.1 Å². The quantitative estimate of drug-likeness (QED) is 0.842. The van der Waals surface area contributed by atoms with Crippen molar-refractivity contribution in [2.24, 2.45) is 11.8 Å². The SMILES string of the molecule is O=C(NCC1CCCCC1)C1CCCN(S(=O)c2cccc(Cl)c2)C1. The number of rotatable bonds is 5. The van der Waals surface area contributed by atoms with E-state index in [9.17, 15) is 9.00 Å². The Morgan fingerprint density at radius 2 is 2.00 bits per heavy atom. The van der Waals surface area contributed by atoms with E-state index < -0.39 is 11.0 Å². The van der Waals surface area contributed by atoms with Crippen LogP contribution in [-0.2, 0) is 15.8 Å². The molecule has 4 nitrogen and oxygen atoms in total. The summed E-state index contributed by atoms with van der Waals surface area (Å²) in [5, 5.41) is 3.73. The van der Waals surface area contributed by atoms with Crippen molar-refractivity contribution >= 4 is 28.5 Å². The predicted molar refractivity (Wildman–Crippen MR) is 102 cm³/mol. The fraction of sp³-hybridized carbons (Fsp3) is 0.632. The standard InChI is InChI=1S/C19H27ClN2O2S/c20-17-9-4-10-18(12-17)25(24)22-11-5-8-16(14-22)19(23)21-13-15-6-2-1-3-7-15/h4,9-10,12,15-16H,1-3,5-8,11,13-14H2,(H,21,23). The zero-order chi connectivity index (χ0) is 17.6. The highest BCUT2D eigenvalue weighted by atomic mass is 35.5. The third kappa shape index (κ3) is 5.28. The number of piperidine rings is 1.